The molecule has 0 saturated heterocycles. The molecule has 0 saturated carbocycles. The minimum Gasteiger partial charge on any atom is -0.486 e. The van der Waals surface area contributed by atoms with E-state index in [1.54, 1.807) is 11.3 Å². The van der Waals surface area contributed by atoms with Crippen molar-refractivity contribution < 1.29 is 4.74 Å². The summed E-state index contributed by atoms with van der Waals surface area (Å²) in [5.41, 5.74) is 6.43. The molecule has 2 rings (SSSR count). The molecule has 0 fully saturated rings. The van der Waals surface area contributed by atoms with Crippen molar-refractivity contribution in [1.82, 2.24) is 0 Å². The molecule has 2 N–H and O–H groups in total. The second kappa shape index (κ2) is 4.68. The standard InChI is InChI=1S/C11H10BrNOS/c12-11-6-5-8(15-11)7-14-10-4-2-1-3-9(10)13/h1-6H,7,13H2. The number of hydrogen-bond donors (Lipinski definition) is 1. The number of thiophene rings is 1. The number of nitrogens with two attached hydrogens (primary N) is 1. The lowest BCUT2D eigenvalue weighted by molar-refractivity contribution is 0.311. The molecule has 1 heterocycles. The molecule has 15 heavy (non-hydrogen) atoms. The maximum absolute atomic E-state index is 5.76. The van der Waals surface area contributed by atoms with Gasteiger partial charge in [-0.15, -0.1) is 11.3 Å². The number of hydrogen-bond acceptors (Lipinski definition) is 3. The van der Waals surface area contributed by atoms with Crippen molar-refractivity contribution in [3.05, 3.63) is 45.1 Å². The number of rotatable bonds is 3. The SMILES string of the molecule is Nc1ccccc1OCc1ccc(Br)s1. The number of benzene rings is 1. The fraction of sp³-hybridized carbons (Fsp3) is 0.0909. The summed E-state index contributed by atoms with van der Waals surface area (Å²) in [7, 11) is 0. The van der Waals surface area contributed by atoms with Crippen LogP contribution in [0.25, 0.3) is 0 Å². The highest BCUT2D eigenvalue weighted by Crippen LogP contribution is 2.25. The van der Waals surface area contributed by atoms with E-state index in [4.69, 9.17) is 10.5 Å². The largest absolute Gasteiger partial charge is 0.486 e. The van der Waals surface area contributed by atoms with E-state index < -0.39 is 0 Å². The van der Waals surface area contributed by atoms with Gasteiger partial charge in [0.1, 0.15) is 12.4 Å². The number of para-hydroxylation sites is 2. The third-order valence-electron chi connectivity index (χ3n) is 1.92. The van der Waals surface area contributed by atoms with Gasteiger partial charge in [0.25, 0.3) is 0 Å². The summed E-state index contributed by atoms with van der Waals surface area (Å²) in [4.78, 5) is 1.17. The first-order valence-electron chi connectivity index (χ1n) is 4.47. The normalized spacial score (nSPS) is 10.2. The van der Waals surface area contributed by atoms with Gasteiger partial charge in [0, 0.05) is 4.88 Å². The second-order valence-electron chi connectivity index (χ2n) is 3.03. The summed E-state index contributed by atoms with van der Waals surface area (Å²) >= 11 is 5.07. The van der Waals surface area contributed by atoms with E-state index in [0.717, 1.165) is 9.54 Å². The Morgan fingerprint density at radius 1 is 1.20 bits per heavy atom. The number of ether oxygens (including phenoxy) is 1. The zero-order chi connectivity index (χ0) is 10.7. The third kappa shape index (κ3) is 2.73. The van der Waals surface area contributed by atoms with Gasteiger partial charge in [-0.2, -0.15) is 0 Å². The molecule has 78 valence electrons. The lowest BCUT2D eigenvalue weighted by atomic mass is 10.3. The van der Waals surface area contributed by atoms with Gasteiger partial charge in [-0.3, -0.25) is 0 Å². The van der Waals surface area contributed by atoms with Crippen LogP contribution in [0.1, 0.15) is 4.88 Å². The van der Waals surface area contributed by atoms with Crippen LogP contribution in [0, 0.1) is 0 Å². The fourth-order valence-corrected chi connectivity index (χ4v) is 2.59. The third-order valence-corrected chi connectivity index (χ3v) is 3.51. The Morgan fingerprint density at radius 3 is 2.67 bits per heavy atom. The molecule has 0 spiro atoms. The molecule has 0 amide bonds. The van der Waals surface area contributed by atoms with E-state index >= 15 is 0 Å². The Kier molecular flexibility index (Phi) is 3.28. The number of anilines is 1. The van der Waals surface area contributed by atoms with Gasteiger partial charge in [-0.25, -0.2) is 0 Å². The average molecular weight is 284 g/mol. The predicted molar refractivity (Wildman–Crippen MR) is 67.2 cm³/mol. The van der Waals surface area contributed by atoms with Gasteiger partial charge < -0.3 is 10.5 Å². The van der Waals surface area contributed by atoms with Crippen molar-refractivity contribution in [3.63, 3.8) is 0 Å². The van der Waals surface area contributed by atoms with Crippen LogP contribution in [0.2, 0.25) is 0 Å². The van der Waals surface area contributed by atoms with Gasteiger partial charge >= 0.3 is 0 Å². The van der Waals surface area contributed by atoms with Crippen molar-refractivity contribution >= 4 is 33.0 Å². The molecule has 2 nitrogen and oxygen atoms in total. The minimum absolute atomic E-state index is 0.560. The quantitative estimate of drug-likeness (QED) is 0.873. The van der Waals surface area contributed by atoms with Gasteiger partial charge in [0.15, 0.2) is 0 Å². The Labute approximate surface area is 101 Å². The van der Waals surface area contributed by atoms with Crippen LogP contribution in [0.4, 0.5) is 5.69 Å². The van der Waals surface area contributed by atoms with Crippen molar-refractivity contribution in [2.45, 2.75) is 6.61 Å². The highest BCUT2D eigenvalue weighted by atomic mass is 79.9. The molecule has 4 heteroatoms. The maximum atomic E-state index is 5.76. The molecule has 0 aliphatic carbocycles. The molecule has 0 atom stereocenters. The highest BCUT2D eigenvalue weighted by Gasteiger charge is 2.01. The van der Waals surface area contributed by atoms with Crippen LogP contribution in [0.15, 0.2) is 40.2 Å². The van der Waals surface area contributed by atoms with Gasteiger partial charge in [0.2, 0.25) is 0 Å². The van der Waals surface area contributed by atoms with Gasteiger partial charge in [-0.1, -0.05) is 12.1 Å². The average Bonchev–Trinajstić information content (AvgIpc) is 2.63. The van der Waals surface area contributed by atoms with Crippen LogP contribution in [0.5, 0.6) is 5.75 Å². The molecule has 0 aliphatic heterocycles. The maximum Gasteiger partial charge on any atom is 0.142 e. The first-order valence-corrected chi connectivity index (χ1v) is 6.08. The molecule has 0 aliphatic rings. The lowest BCUT2D eigenvalue weighted by Gasteiger charge is -2.06. The second-order valence-corrected chi connectivity index (χ2v) is 5.58. The highest BCUT2D eigenvalue weighted by molar-refractivity contribution is 9.11. The van der Waals surface area contributed by atoms with Crippen molar-refractivity contribution in [3.8, 4) is 5.75 Å². The summed E-state index contributed by atoms with van der Waals surface area (Å²) < 4.78 is 6.71. The first-order chi connectivity index (χ1) is 7.25. The smallest absolute Gasteiger partial charge is 0.142 e. The molecule has 1 aromatic carbocycles. The molecule has 0 bridgehead atoms. The van der Waals surface area contributed by atoms with Crippen molar-refractivity contribution in [1.29, 1.82) is 0 Å². The Bertz CT molecular complexity index is 455. The zero-order valence-corrected chi connectivity index (χ0v) is 10.3. The van der Waals surface area contributed by atoms with Crippen molar-refractivity contribution in [2.75, 3.05) is 5.73 Å². The van der Waals surface area contributed by atoms with Crippen LogP contribution in [-0.2, 0) is 6.61 Å². The van der Waals surface area contributed by atoms with E-state index in [0.29, 0.717) is 12.3 Å². The van der Waals surface area contributed by atoms with Crippen LogP contribution >= 0.6 is 27.3 Å². The fourth-order valence-electron chi connectivity index (χ4n) is 1.19. The topological polar surface area (TPSA) is 35.2 Å². The molecular formula is C11H10BrNOS. The van der Waals surface area contributed by atoms with Crippen LogP contribution < -0.4 is 10.5 Å². The monoisotopic (exact) mass is 283 g/mol. The number of halogens is 1. The summed E-state index contributed by atoms with van der Waals surface area (Å²) in [6, 6.07) is 11.6. The lowest BCUT2D eigenvalue weighted by Crippen LogP contribution is -1.96. The van der Waals surface area contributed by atoms with E-state index in [2.05, 4.69) is 15.9 Å². The minimum atomic E-state index is 0.560. The van der Waals surface area contributed by atoms with E-state index in [-0.39, 0.29) is 0 Å². The molecule has 0 unspecified atom stereocenters. The summed E-state index contributed by atoms with van der Waals surface area (Å²) in [5.74, 6) is 0.738. The summed E-state index contributed by atoms with van der Waals surface area (Å²) in [5, 5.41) is 0. The zero-order valence-electron chi connectivity index (χ0n) is 7.94. The molecule has 2 aromatic rings. The first kappa shape index (κ1) is 10.5. The summed E-state index contributed by atoms with van der Waals surface area (Å²) in [6.45, 7) is 0.560. The van der Waals surface area contributed by atoms with Gasteiger partial charge in [0.05, 0.1) is 9.47 Å². The van der Waals surface area contributed by atoms with E-state index in [9.17, 15) is 0 Å². The van der Waals surface area contributed by atoms with Crippen molar-refractivity contribution in [2.24, 2.45) is 0 Å². The van der Waals surface area contributed by atoms with Crippen LogP contribution in [0.3, 0.4) is 0 Å². The molecule has 0 radical (unpaired) electrons. The number of nitrogen functional groups attached to an aromatic ring is 1. The Balaban J connectivity index is 2.02. The van der Waals surface area contributed by atoms with E-state index in [1.807, 2.05) is 36.4 Å². The Hall–Kier alpha value is -1.000. The van der Waals surface area contributed by atoms with Gasteiger partial charge in [-0.05, 0) is 40.2 Å². The predicted octanol–water partition coefficient (Wildman–Crippen LogP) is 3.67. The Morgan fingerprint density at radius 2 is 2.00 bits per heavy atom. The van der Waals surface area contributed by atoms with Crippen LogP contribution in [-0.4, -0.2) is 0 Å². The van der Waals surface area contributed by atoms with E-state index in [1.165, 1.54) is 4.88 Å². The molecule has 1 aromatic heterocycles. The summed E-state index contributed by atoms with van der Waals surface area (Å²) in [6.07, 6.45) is 0. The molecular weight excluding hydrogens is 274 g/mol.